The second-order valence-electron chi connectivity index (χ2n) is 5.06. The fraction of sp³-hybridized carbons (Fsp3) is 0.538. The zero-order chi connectivity index (χ0) is 13.8. The zero-order valence-corrected chi connectivity index (χ0v) is 12.5. The van der Waals surface area contributed by atoms with Gasteiger partial charge in [-0.2, -0.15) is 0 Å². The predicted molar refractivity (Wildman–Crippen MR) is 75.0 cm³/mol. The summed E-state index contributed by atoms with van der Waals surface area (Å²) < 4.78 is 28.4. The molecule has 0 fully saturated rings. The van der Waals surface area contributed by atoms with Gasteiger partial charge in [-0.25, -0.2) is 8.42 Å². The third-order valence-electron chi connectivity index (χ3n) is 2.61. The van der Waals surface area contributed by atoms with E-state index in [4.69, 9.17) is 16.3 Å². The number of sulfone groups is 1. The molecule has 1 aromatic rings. The normalized spacial score (nSPS) is 12.4. The second kappa shape index (κ2) is 5.93. The summed E-state index contributed by atoms with van der Waals surface area (Å²) in [6.07, 6.45) is 0. The molecule has 1 rings (SSSR count). The molecule has 0 bridgehead atoms. The molecule has 0 saturated heterocycles. The number of hydrogen-bond acceptors (Lipinski definition) is 3. The van der Waals surface area contributed by atoms with Crippen LogP contribution in [0.25, 0.3) is 0 Å². The fourth-order valence-electron chi connectivity index (χ4n) is 1.29. The Balaban J connectivity index is 2.57. The first-order valence-electron chi connectivity index (χ1n) is 5.76. The lowest BCUT2D eigenvalue weighted by Crippen LogP contribution is -2.32. The van der Waals surface area contributed by atoms with E-state index in [1.54, 1.807) is 26.8 Å². The smallest absolute Gasteiger partial charge is 0.158 e. The van der Waals surface area contributed by atoms with Gasteiger partial charge in [0.2, 0.25) is 0 Å². The van der Waals surface area contributed by atoms with Crippen molar-refractivity contribution in [1.29, 1.82) is 0 Å². The molecule has 0 aromatic heterocycles. The summed E-state index contributed by atoms with van der Waals surface area (Å²) in [6, 6.07) is 7.34. The van der Waals surface area contributed by atoms with Crippen molar-refractivity contribution in [3.63, 3.8) is 0 Å². The van der Waals surface area contributed by atoms with Crippen molar-refractivity contribution in [2.75, 3.05) is 12.4 Å². The lowest BCUT2D eigenvalue weighted by Gasteiger charge is -2.19. The number of benzene rings is 1. The monoisotopic (exact) mass is 290 g/mol. The zero-order valence-electron chi connectivity index (χ0n) is 10.9. The lowest BCUT2D eigenvalue weighted by atomic mass is 10.2. The molecule has 0 aliphatic carbocycles. The Labute approximate surface area is 114 Å². The summed E-state index contributed by atoms with van der Waals surface area (Å²) in [5.74, 6) is 1.08. The highest BCUT2D eigenvalue weighted by Gasteiger charge is 2.28. The first-order valence-corrected chi connectivity index (χ1v) is 7.95. The molecule has 0 unspecified atom stereocenters. The molecule has 5 heteroatoms. The Morgan fingerprint density at radius 2 is 1.94 bits per heavy atom. The summed E-state index contributed by atoms with van der Waals surface area (Å²) in [6.45, 7) is 5.23. The first kappa shape index (κ1) is 15.3. The van der Waals surface area contributed by atoms with Crippen LogP contribution in [0.2, 0.25) is 0 Å². The minimum absolute atomic E-state index is 0.0155. The molecule has 1 aromatic carbocycles. The van der Waals surface area contributed by atoms with Gasteiger partial charge in [-0.15, -0.1) is 11.6 Å². The van der Waals surface area contributed by atoms with Crippen molar-refractivity contribution < 1.29 is 13.2 Å². The molecule has 0 aliphatic heterocycles. The molecule has 0 radical (unpaired) electrons. The molecule has 0 aliphatic rings. The molecule has 102 valence electrons. The van der Waals surface area contributed by atoms with Gasteiger partial charge in [0.1, 0.15) is 12.4 Å². The Bertz CT molecular complexity index is 489. The van der Waals surface area contributed by atoms with Gasteiger partial charge in [0.05, 0.1) is 10.5 Å². The van der Waals surface area contributed by atoms with Crippen molar-refractivity contribution in [3.05, 3.63) is 29.8 Å². The SMILES string of the molecule is CC(C)(C)S(=O)(=O)CCOc1cccc(CCl)c1. The van der Waals surface area contributed by atoms with Crippen LogP contribution in [0.1, 0.15) is 26.3 Å². The highest BCUT2D eigenvalue weighted by atomic mass is 35.5. The van der Waals surface area contributed by atoms with E-state index in [1.807, 2.05) is 18.2 Å². The maximum Gasteiger partial charge on any atom is 0.158 e. The van der Waals surface area contributed by atoms with E-state index in [9.17, 15) is 8.42 Å². The minimum Gasteiger partial charge on any atom is -0.493 e. The molecular formula is C13H19ClO3S. The van der Waals surface area contributed by atoms with E-state index < -0.39 is 14.6 Å². The number of rotatable bonds is 5. The minimum atomic E-state index is -3.13. The van der Waals surface area contributed by atoms with Crippen LogP contribution >= 0.6 is 11.6 Å². The van der Waals surface area contributed by atoms with Gasteiger partial charge in [-0.05, 0) is 38.5 Å². The Hall–Kier alpha value is -0.740. The van der Waals surface area contributed by atoms with Gasteiger partial charge < -0.3 is 4.74 Å². The largest absolute Gasteiger partial charge is 0.493 e. The maximum absolute atomic E-state index is 11.9. The average Bonchev–Trinajstić information content (AvgIpc) is 2.27. The Morgan fingerprint density at radius 3 is 2.50 bits per heavy atom. The first-order chi connectivity index (χ1) is 8.26. The van der Waals surface area contributed by atoms with Crippen LogP contribution < -0.4 is 4.74 Å². The van der Waals surface area contributed by atoms with Crippen LogP contribution in [0.3, 0.4) is 0 Å². The summed E-state index contributed by atoms with van der Waals surface area (Å²) in [7, 11) is -3.13. The quantitative estimate of drug-likeness (QED) is 0.783. The number of alkyl halides is 1. The topological polar surface area (TPSA) is 43.4 Å². The van der Waals surface area contributed by atoms with Crippen LogP contribution in [-0.2, 0) is 15.7 Å². The fourth-order valence-corrected chi connectivity index (χ4v) is 2.38. The van der Waals surface area contributed by atoms with E-state index in [-0.39, 0.29) is 12.4 Å². The van der Waals surface area contributed by atoms with Crippen molar-refractivity contribution in [2.45, 2.75) is 31.4 Å². The van der Waals surface area contributed by atoms with E-state index in [0.717, 1.165) is 5.56 Å². The van der Waals surface area contributed by atoms with E-state index in [1.165, 1.54) is 0 Å². The number of hydrogen-bond donors (Lipinski definition) is 0. The van der Waals surface area contributed by atoms with Gasteiger partial charge in [0.25, 0.3) is 0 Å². The van der Waals surface area contributed by atoms with Crippen LogP contribution in [0.15, 0.2) is 24.3 Å². The van der Waals surface area contributed by atoms with Crippen molar-refractivity contribution in [2.24, 2.45) is 0 Å². The second-order valence-corrected chi connectivity index (χ2v) is 8.19. The highest BCUT2D eigenvalue weighted by molar-refractivity contribution is 7.92. The van der Waals surface area contributed by atoms with E-state index >= 15 is 0 Å². The van der Waals surface area contributed by atoms with Crippen molar-refractivity contribution >= 4 is 21.4 Å². The maximum atomic E-state index is 11.9. The summed E-state index contributed by atoms with van der Waals surface area (Å²) in [4.78, 5) is 0. The summed E-state index contributed by atoms with van der Waals surface area (Å²) in [5.41, 5.74) is 0.952. The van der Waals surface area contributed by atoms with Crippen LogP contribution in [-0.4, -0.2) is 25.5 Å². The van der Waals surface area contributed by atoms with Crippen molar-refractivity contribution in [1.82, 2.24) is 0 Å². The average molecular weight is 291 g/mol. The molecule has 0 saturated carbocycles. The van der Waals surface area contributed by atoms with Gasteiger partial charge in [0.15, 0.2) is 9.84 Å². The highest BCUT2D eigenvalue weighted by Crippen LogP contribution is 2.18. The molecule has 0 spiro atoms. The van der Waals surface area contributed by atoms with E-state index in [2.05, 4.69) is 0 Å². The third-order valence-corrected chi connectivity index (χ3v) is 5.49. The van der Waals surface area contributed by atoms with Gasteiger partial charge in [-0.3, -0.25) is 0 Å². The van der Waals surface area contributed by atoms with Gasteiger partial charge in [-0.1, -0.05) is 12.1 Å². The number of halogens is 1. The molecule has 18 heavy (non-hydrogen) atoms. The molecular weight excluding hydrogens is 272 g/mol. The predicted octanol–water partition coefficient (Wildman–Crippen LogP) is 3.02. The van der Waals surface area contributed by atoms with Crippen LogP contribution in [0, 0.1) is 0 Å². The van der Waals surface area contributed by atoms with E-state index in [0.29, 0.717) is 11.6 Å². The Kier molecular flexibility index (Phi) is 5.05. The molecule has 0 amide bonds. The standard InChI is InChI=1S/C13H19ClO3S/c1-13(2,3)18(15,16)8-7-17-12-6-4-5-11(9-12)10-14/h4-6,9H,7-8,10H2,1-3H3. The molecule has 3 nitrogen and oxygen atoms in total. The summed E-state index contributed by atoms with van der Waals surface area (Å²) in [5, 5.41) is 0. The van der Waals surface area contributed by atoms with Crippen LogP contribution in [0.5, 0.6) is 5.75 Å². The van der Waals surface area contributed by atoms with Gasteiger partial charge in [0, 0.05) is 5.88 Å². The summed E-state index contributed by atoms with van der Waals surface area (Å²) >= 11 is 5.71. The molecule has 0 atom stereocenters. The molecule has 0 N–H and O–H groups in total. The Morgan fingerprint density at radius 1 is 1.28 bits per heavy atom. The van der Waals surface area contributed by atoms with Crippen LogP contribution in [0.4, 0.5) is 0 Å². The number of ether oxygens (including phenoxy) is 1. The third kappa shape index (κ3) is 4.18. The molecule has 0 heterocycles. The van der Waals surface area contributed by atoms with Crippen molar-refractivity contribution in [3.8, 4) is 5.75 Å². The lowest BCUT2D eigenvalue weighted by molar-refractivity contribution is 0.339. The van der Waals surface area contributed by atoms with Gasteiger partial charge >= 0.3 is 0 Å².